The van der Waals surface area contributed by atoms with Crippen LogP contribution in [0, 0.1) is 0 Å². The zero-order valence-corrected chi connectivity index (χ0v) is 14.2. The molecule has 1 saturated carbocycles. The Morgan fingerprint density at radius 1 is 1.39 bits per heavy atom. The highest BCUT2D eigenvalue weighted by molar-refractivity contribution is 8.01. The van der Waals surface area contributed by atoms with Crippen LogP contribution in [-0.4, -0.2) is 28.7 Å². The van der Waals surface area contributed by atoms with Crippen molar-refractivity contribution in [2.75, 3.05) is 11.9 Å². The van der Waals surface area contributed by atoms with E-state index in [4.69, 9.17) is 0 Å². The van der Waals surface area contributed by atoms with Gasteiger partial charge in [0.1, 0.15) is 5.25 Å². The van der Waals surface area contributed by atoms with Crippen molar-refractivity contribution in [3.05, 3.63) is 48.6 Å². The molecule has 7 heteroatoms. The summed E-state index contributed by atoms with van der Waals surface area (Å²) in [6.07, 6.45) is 3.92. The Balaban J connectivity index is 1.73. The van der Waals surface area contributed by atoms with Crippen LogP contribution in [0.3, 0.4) is 0 Å². The first-order chi connectivity index (χ1) is 11.3. The first-order valence-corrected chi connectivity index (χ1v) is 9.16. The normalized spacial score (nSPS) is 15.0. The summed E-state index contributed by atoms with van der Waals surface area (Å²) in [6.45, 7) is 4.31. The number of aromatic nitrogens is 2. The fourth-order valence-electron chi connectivity index (χ4n) is 1.99. The van der Waals surface area contributed by atoms with E-state index in [1.165, 1.54) is 23.1 Å². The van der Waals surface area contributed by atoms with Crippen molar-refractivity contribution >= 4 is 34.1 Å². The van der Waals surface area contributed by atoms with Crippen LogP contribution in [0.5, 0.6) is 0 Å². The first kappa shape index (κ1) is 16.0. The summed E-state index contributed by atoms with van der Waals surface area (Å²) in [4.78, 5) is 12.6. The number of amides is 1. The zero-order chi connectivity index (χ0) is 16.1. The van der Waals surface area contributed by atoms with Gasteiger partial charge in [-0.2, -0.15) is 0 Å². The van der Waals surface area contributed by atoms with Crippen molar-refractivity contribution in [1.82, 2.24) is 15.5 Å². The van der Waals surface area contributed by atoms with Gasteiger partial charge in [0.25, 0.3) is 0 Å². The molecule has 0 saturated heterocycles. The lowest BCUT2D eigenvalue weighted by molar-refractivity contribution is -0.120. The number of anilines is 1. The SMILES string of the molecule is C=CCNc1nnc(SC(C(=O)NC2CC2)c2ccccc2)s1. The average molecular weight is 346 g/mol. The second-order valence-corrected chi connectivity index (χ2v) is 7.56. The lowest BCUT2D eigenvalue weighted by Crippen LogP contribution is -2.29. The number of thioether (sulfide) groups is 1. The quantitative estimate of drug-likeness (QED) is 0.567. The van der Waals surface area contributed by atoms with Gasteiger partial charge in [-0.1, -0.05) is 59.5 Å². The van der Waals surface area contributed by atoms with E-state index in [1.807, 2.05) is 30.3 Å². The average Bonchev–Trinajstić information content (AvgIpc) is 3.27. The van der Waals surface area contributed by atoms with Crippen molar-refractivity contribution in [3.63, 3.8) is 0 Å². The smallest absolute Gasteiger partial charge is 0.238 e. The third kappa shape index (κ3) is 4.56. The molecule has 1 aliphatic carbocycles. The highest BCUT2D eigenvalue weighted by atomic mass is 32.2. The predicted octanol–water partition coefficient (Wildman–Crippen LogP) is 3.25. The summed E-state index contributed by atoms with van der Waals surface area (Å²) in [5.41, 5.74) is 0.978. The highest BCUT2D eigenvalue weighted by Gasteiger charge is 2.29. The molecule has 3 rings (SSSR count). The van der Waals surface area contributed by atoms with Gasteiger partial charge in [0.05, 0.1) is 0 Å². The van der Waals surface area contributed by atoms with Crippen LogP contribution in [0.15, 0.2) is 47.3 Å². The first-order valence-electron chi connectivity index (χ1n) is 7.46. The molecule has 0 aliphatic heterocycles. The molecule has 1 atom stereocenters. The Kier molecular flexibility index (Phi) is 5.30. The Labute approximate surface area is 143 Å². The number of rotatable bonds is 8. The maximum absolute atomic E-state index is 12.6. The summed E-state index contributed by atoms with van der Waals surface area (Å²) >= 11 is 2.89. The molecule has 2 N–H and O–H groups in total. The number of hydrogen-bond donors (Lipinski definition) is 2. The van der Waals surface area contributed by atoms with Crippen molar-refractivity contribution in [2.24, 2.45) is 0 Å². The number of nitrogens with zero attached hydrogens (tertiary/aromatic N) is 2. The van der Waals surface area contributed by atoms with Gasteiger partial charge in [0.2, 0.25) is 11.0 Å². The third-order valence-electron chi connectivity index (χ3n) is 3.29. The largest absolute Gasteiger partial charge is 0.357 e. The molecular formula is C16H18N4OS2. The van der Waals surface area contributed by atoms with E-state index in [1.54, 1.807) is 6.08 Å². The van der Waals surface area contributed by atoms with E-state index in [0.717, 1.165) is 27.9 Å². The van der Waals surface area contributed by atoms with Gasteiger partial charge < -0.3 is 10.6 Å². The van der Waals surface area contributed by atoms with Gasteiger partial charge >= 0.3 is 0 Å². The Morgan fingerprint density at radius 2 is 2.17 bits per heavy atom. The maximum atomic E-state index is 12.6. The van der Waals surface area contributed by atoms with Crippen LogP contribution in [0.1, 0.15) is 23.7 Å². The van der Waals surface area contributed by atoms with Crippen molar-refractivity contribution in [1.29, 1.82) is 0 Å². The summed E-state index contributed by atoms with van der Waals surface area (Å²) < 4.78 is 0.774. The van der Waals surface area contributed by atoms with Crippen LogP contribution in [0.25, 0.3) is 0 Å². The monoisotopic (exact) mass is 346 g/mol. The van der Waals surface area contributed by atoms with Gasteiger partial charge in [-0.3, -0.25) is 4.79 Å². The summed E-state index contributed by atoms with van der Waals surface area (Å²) in [6, 6.07) is 10.1. The molecule has 0 spiro atoms. The van der Waals surface area contributed by atoms with E-state index < -0.39 is 0 Å². The fraction of sp³-hybridized carbons (Fsp3) is 0.312. The highest BCUT2D eigenvalue weighted by Crippen LogP contribution is 2.38. The molecule has 1 fully saturated rings. The molecule has 5 nitrogen and oxygen atoms in total. The van der Waals surface area contributed by atoms with Crippen LogP contribution in [-0.2, 0) is 4.79 Å². The second kappa shape index (κ2) is 7.61. The molecule has 2 aromatic rings. The zero-order valence-electron chi connectivity index (χ0n) is 12.6. The van der Waals surface area contributed by atoms with Crippen LogP contribution >= 0.6 is 23.1 Å². The van der Waals surface area contributed by atoms with E-state index in [9.17, 15) is 4.79 Å². The third-order valence-corrected chi connectivity index (χ3v) is 5.51. The van der Waals surface area contributed by atoms with Crippen LogP contribution < -0.4 is 10.6 Å². The minimum Gasteiger partial charge on any atom is -0.357 e. The topological polar surface area (TPSA) is 66.9 Å². The number of hydrogen-bond acceptors (Lipinski definition) is 6. The van der Waals surface area contributed by atoms with Gasteiger partial charge in [-0.15, -0.1) is 16.8 Å². The second-order valence-electron chi connectivity index (χ2n) is 5.23. The number of nitrogens with one attached hydrogen (secondary N) is 2. The molecule has 1 aromatic carbocycles. The summed E-state index contributed by atoms with van der Waals surface area (Å²) in [5.74, 6) is 0.0412. The molecule has 23 heavy (non-hydrogen) atoms. The number of carbonyl (C=O) groups is 1. The van der Waals surface area contributed by atoms with E-state index in [-0.39, 0.29) is 11.2 Å². The minimum atomic E-state index is -0.308. The molecule has 1 aliphatic rings. The van der Waals surface area contributed by atoms with Gasteiger partial charge in [0, 0.05) is 12.6 Å². The lowest BCUT2D eigenvalue weighted by Gasteiger charge is -2.15. The lowest BCUT2D eigenvalue weighted by atomic mass is 10.1. The molecule has 1 unspecified atom stereocenters. The van der Waals surface area contributed by atoms with Crippen molar-refractivity contribution in [3.8, 4) is 0 Å². The number of benzene rings is 1. The number of carbonyl (C=O) groups excluding carboxylic acids is 1. The molecular weight excluding hydrogens is 328 g/mol. The Morgan fingerprint density at radius 3 is 2.87 bits per heavy atom. The Bertz CT molecular complexity index is 670. The van der Waals surface area contributed by atoms with Crippen molar-refractivity contribution < 1.29 is 4.79 Å². The van der Waals surface area contributed by atoms with Crippen molar-refractivity contribution in [2.45, 2.75) is 28.5 Å². The van der Waals surface area contributed by atoms with E-state index in [0.29, 0.717) is 12.6 Å². The molecule has 1 heterocycles. The molecule has 1 aromatic heterocycles. The minimum absolute atomic E-state index is 0.0412. The van der Waals surface area contributed by atoms with Crippen LogP contribution in [0.4, 0.5) is 5.13 Å². The molecule has 120 valence electrons. The summed E-state index contributed by atoms with van der Waals surface area (Å²) in [5, 5.41) is 14.9. The van der Waals surface area contributed by atoms with E-state index in [2.05, 4.69) is 27.4 Å². The Hall–Kier alpha value is -1.86. The van der Waals surface area contributed by atoms with E-state index >= 15 is 0 Å². The molecule has 0 radical (unpaired) electrons. The summed E-state index contributed by atoms with van der Waals surface area (Å²) in [7, 11) is 0. The van der Waals surface area contributed by atoms with Gasteiger partial charge in [-0.05, 0) is 18.4 Å². The maximum Gasteiger partial charge on any atom is 0.238 e. The van der Waals surface area contributed by atoms with Crippen LogP contribution in [0.2, 0.25) is 0 Å². The fourth-order valence-corrected chi connectivity index (χ4v) is 3.95. The van der Waals surface area contributed by atoms with Gasteiger partial charge in [0.15, 0.2) is 4.34 Å². The standard InChI is InChI=1S/C16H18N4OS2/c1-2-10-17-15-19-20-16(23-15)22-13(11-6-4-3-5-7-11)14(21)18-12-8-9-12/h2-7,12-13H,1,8-10H2,(H,17,19)(H,18,21). The molecule has 0 bridgehead atoms. The predicted molar refractivity (Wildman–Crippen MR) is 94.8 cm³/mol. The van der Waals surface area contributed by atoms with Gasteiger partial charge in [-0.25, -0.2) is 0 Å². The molecule has 1 amide bonds.